The molecule has 1 aliphatic carbocycles. The van der Waals surface area contributed by atoms with Crippen LogP contribution in [0.2, 0.25) is 0 Å². The van der Waals surface area contributed by atoms with Gasteiger partial charge in [-0.1, -0.05) is 52.4 Å². The Morgan fingerprint density at radius 3 is 2.29 bits per heavy atom. The Kier molecular flexibility index (Phi) is 7.69. The number of aromatic nitrogens is 2. The summed E-state index contributed by atoms with van der Waals surface area (Å²) in [4.78, 5) is 9.20. The SMILES string of the molecule is CCCCCCc1cnc(C2(C#N)CCC(CCCC)CC2)nc1. The van der Waals surface area contributed by atoms with E-state index in [9.17, 15) is 5.26 Å². The molecule has 0 radical (unpaired) electrons. The lowest BCUT2D eigenvalue weighted by Gasteiger charge is -2.33. The Labute approximate surface area is 147 Å². The van der Waals surface area contributed by atoms with Gasteiger partial charge in [-0.25, -0.2) is 9.97 Å². The largest absolute Gasteiger partial charge is 0.239 e. The fraction of sp³-hybridized carbons (Fsp3) is 0.762. The van der Waals surface area contributed by atoms with E-state index in [1.54, 1.807) is 0 Å². The molecule has 0 saturated heterocycles. The van der Waals surface area contributed by atoms with Crippen LogP contribution in [-0.4, -0.2) is 9.97 Å². The highest BCUT2D eigenvalue weighted by molar-refractivity contribution is 5.22. The van der Waals surface area contributed by atoms with Gasteiger partial charge in [-0.2, -0.15) is 5.26 Å². The monoisotopic (exact) mass is 327 g/mol. The fourth-order valence-corrected chi connectivity index (χ4v) is 3.82. The van der Waals surface area contributed by atoms with Crippen LogP contribution >= 0.6 is 0 Å². The molecule has 0 spiro atoms. The maximum absolute atomic E-state index is 9.80. The molecule has 3 heteroatoms. The number of rotatable bonds is 9. The molecular formula is C21H33N3. The summed E-state index contributed by atoms with van der Waals surface area (Å²) < 4.78 is 0. The number of unbranched alkanes of at least 4 members (excludes halogenated alkanes) is 4. The van der Waals surface area contributed by atoms with Crippen molar-refractivity contribution in [3.8, 4) is 6.07 Å². The van der Waals surface area contributed by atoms with Crippen molar-refractivity contribution in [3.05, 3.63) is 23.8 Å². The van der Waals surface area contributed by atoms with Crippen molar-refractivity contribution < 1.29 is 0 Å². The normalized spacial score (nSPS) is 23.8. The highest BCUT2D eigenvalue weighted by atomic mass is 14.9. The highest BCUT2D eigenvalue weighted by Gasteiger charge is 2.39. The molecule has 1 heterocycles. The quantitative estimate of drug-likeness (QED) is 0.543. The van der Waals surface area contributed by atoms with Gasteiger partial charge in [-0.15, -0.1) is 0 Å². The molecule has 2 rings (SSSR count). The second kappa shape index (κ2) is 9.77. The molecular weight excluding hydrogens is 294 g/mol. The van der Waals surface area contributed by atoms with E-state index in [-0.39, 0.29) is 0 Å². The molecule has 1 fully saturated rings. The van der Waals surface area contributed by atoms with E-state index in [4.69, 9.17) is 0 Å². The van der Waals surface area contributed by atoms with Crippen molar-refractivity contribution in [1.82, 2.24) is 9.97 Å². The summed E-state index contributed by atoms with van der Waals surface area (Å²) in [7, 11) is 0. The lowest BCUT2D eigenvalue weighted by atomic mass is 9.69. The zero-order valence-electron chi connectivity index (χ0n) is 15.6. The summed E-state index contributed by atoms with van der Waals surface area (Å²) >= 11 is 0. The van der Waals surface area contributed by atoms with Crippen LogP contribution in [0.25, 0.3) is 0 Å². The summed E-state index contributed by atoms with van der Waals surface area (Å²) in [6, 6.07) is 2.56. The molecule has 0 N–H and O–H groups in total. The van der Waals surface area contributed by atoms with E-state index in [0.29, 0.717) is 0 Å². The number of hydrogen-bond acceptors (Lipinski definition) is 3. The molecule has 1 aliphatic rings. The third-order valence-electron chi connectivity index (χ3n) is 5.59. The fourth-order valence-electron chi connectivity index (χ4n) is 3.82. The average molecular weight is 328 g/mol. The predicted octanol–water partition coefficient (Wildman–Crippen LogP) is 5.74. The lowest BCUT2D eigenvalue weighted by molar-refractivity contribution is 0.255. The molecule has 24 heavy (non-hydrogen) atoms. The van der Waals surface area contributed by atoms with Crippen LogP contribution in [0, 0.1) is 17.2 Å². The molecule has 0 amide bonds. The van der Waals surface area contributed by atoms with Crippen molar-refractivity contribution >= 4 is 0 Å². The van der Waals surface area contributed by atoms with Crippen molar-refractivity contribution in [3.63, 3.8) is 0 Å². The Morgan fingerprint density at radius 1 is 1.04 bits per heavy atom. The van der Waals surface area contributed by atoms with Gasteiger partial charge in [0.15, 0.2) is 0 Å². The van der Waals surface area contributed by atoms with Crippen LogP contribution in [0.3, 0.4) is 0 Å². The van der Waals surface area contributed by atoms with E-state index >= 15 is 0 Å². The van der Waals surface area contributed by atoms with Gasteiger partial charge in [-0.3, -0.25) is 0 Å². The van der Waals surface area contributed by atoms with Crippen molar-refractivity contribution in [1.29, 1.82) is 5.26 Å². The first-order valence-corrected chi connectivity index (χ1v) is 9.96. The van der Waals surface area contributed by atoms with Gasteiger partial charge in [0.1, 0.15) is 11.2 Å². The smallest absolute Gasteiger partial charge is 0.148 e. The van der Waals surface area contributed by atoms with Crippen LogP contribution in [0.5, 0.6) is 0 Å². The maximum atomic E-state index is 9.80. The third-order valence-corrected chi connectivity index (χ3v) is 5.59. The minimum Gasteiger partial charge on any atom is -0.239 e. The maximum Gasteiger partial charge on any atom is 0.148 e. The molecule has 0 aromatic carbocycles. The predicted molar refractivity (Wildman–Crippen MR) is 98.7 cm³/mol. The van der Waals surface area contributed by atoms with Crippen LogP contribution in [-0.2, 0) is 11.8 Å². The van der Waals surface area contributed by atoms with Crippen LogP contribution < -0.4 is 0 Å². The van der Waals surface area contributed by atoms with Gasteiger partial charge in [0, 0.05) is 12.4 Å². The summed E-state index contributed by atoms with van der Waals surface area (Å²) in [5.41, 5.74) is 0.767. The topological polar surface area (TPSA) is 49.6 Å². The van der Waals surface area contributed by atoms with Crippen LogP contribution in [0.4, 0.5) is 0 Å². The van der Waals surface area contributed by atoms with Crippen molar-refractivity contribution in [2.45, 2.75) is 96.3 Å². The minimum atomic E-state index is -0.441. The summed E-state index contributed by atoms with van der Waals surface area (Å²) in [5.74, 6) is 1.56. The molecule has 1 saturated carbocycles. The van der Waals surface area contributed by atoms with E-state index in [0.717, 1.165) is 43.8 Å². The van der Waals surface area contributed by atoms with E-state index in [1.165, 1.54) is 50.5 Å². The molecule has 1 aromatic rings. The minimum absolute atomic E-state index is 0.441. The van der Waals surface area contributed by atoms with Crippen molar-refractivity contribution in [2.75, 3.05) is 0 Å². The summed E-state index contributed by atoms with van der Waals surface area (Å²) in [5, 5.41) is 9.80. The average Bonchev–Trinajstić information content (AvgIpc) is 2.64. The zero-order valence-corrected chi connectivity index (χ0v) is 15.6. The second-order valence-electron chi connectivity index (χ2n) is 7.51. The summed E-state index contributed by atoms with van der Waals surface area (Å²) in [6.07, 6.45) is 18.1. The number of nitriles is 1. The van der Waals surface area contributed by atoms with E-state index in [2.05, 4.69) is 29.9 Å². The van der Waals surface area contributed by atoms with Gasteiger partial charge in [0.25, 0.3) is 0 Å². The molecule has 0 atom stereocenters. The summed E-state index contributed by atoms with van der Waals surface area (Å²) in [6.45, 7) is 4.48. The van der Waals surface area contributed by atoms with Gasteiger partial charge < -0.3 is 0 Å². The Hall–Kier alpha value is -1.43. The number of hydrogen-bond donors (Lipinski definition) is 0. The molecule has 132 valence electrons. The van der Waals surface area contributed by atoms with E-state index < -0.39 is 5.41 Å². The molecule has 1 aromatic heterocycles. The number of nitrogens with zero attached hydrogens (tertiary/aromatic N) is 3. The van der Waals surface area contributed by atoms with Crippen molar-refractivity contribution in [2.24, 2.45) is 5.92 Å². The number of aryl methyl sites for hydroxylation is 1. The zero-order chi connectivity index (χ0) is 17.3. The Balaban J connectivity index is 1.92. The molecule has 0 unspecified atom stereocenters. The van der Waals surface area contributed by atoms with Crippen LogP contribution in [0.1, 0.15) is 95.9 Å². The second-order valence-corrected chi connectivity index (χ2v) is 7.51. The molecule has 0 aliphatic heterocycles. The Morgan fingerprint density at radius 2 is 1.71 bits per heavy atom. The lowest BCUT2D eigenvalue weighted by Crippen LogP contribution is -2.32. The van der Waals surface area contributed by atoms with Gasteiger partial charge in [-0.05, 0) is 50.0 Å². The highest BCUT2D eigenvalue weighted by Crippen LogP contribution is 2.41. The molecule has 0 bridgehead atoms. The first-order valence-electron chi connectivity index (χ1n) is 9.96. The first kappa shape index (κ1) is 18.9. The van der Waals surface area contributed by atoms with Gasteiger partial charge >= 0.3 is 0 Å². The van der Waals surface area contributed by atoms with Gasteiger partial charge in [0.05, 0.1) is 6.07 Å². The van der Waals surface area contributed by atoms with Gasteiger partial charge in [0.2, 0.25) is 0 Å². The Bertz CT molecular complexity index is 507. The molecule has 3 nitrogen and oxygen atoms in total. The standard InChI is InChI=1S/C21H33N3/c1-3-5-7-8-10-19-15-23-20(24-16-19)21(17-22)13-11-18(12-14-21)9-6-4-2/h15-16,18H,3-14H2,1-2H3. The van der Waals surface area contributed by atoms with E-state index in [1.807, 2.05) is 12.4 Å². The third kappa shape index (κ3) is 5.03. The first-order chi connectivity index (χ1) is 11.7. The van der Waals surface area contributed by atoms with Crippen LogP contribution in [0.15, 0.2) is 12.4 Å².